The predicted octanol–water partition coefficient (Wildman–Crippen LogP) is 3.70. The van der Waals surface area contributed by atoms with Crippen LogP contribution in [-0.4, -0.2) is 24.1 Å². The van der Waals surface area contributed by atoms with Gasteiger partial charge < -0.3 is 16.0 Å². The van der Waals surface area contributed by atoms with Crippen LogP contribution < -0.4 is 16.0 Å². The number of halogens is 6. The first-order valence-electron chi connectivity index (χ1n) is 7.08. The lowest BCUT2D eigenvalue weighted by atomic mass is 10.1. The van der Waals surface area contributed by atoms with Gasteiger partial charge in [0.1, 0.15) is 0 Å². The number of rotatable bonds is 5. The van der Waals surface area contributed by atoms with E-state index in [0.717, 1.165) is 0 Å². The highest BCUT2D eigenvalue weighted by Crippen LogP contribution is 2.37. The molecule has 26 heavy (non-hydrogen) atoms. The Hall–Kier alpha value is -2.30. The van der Waals surface area contributed by atoms with Crippen LogP contribution in [0.5, 0.6) is 0 Å². The van der Waals surface area contributed by atoms with Crippen LogP contribution in [0.4, 0.5) is 32.0 Å². The highest BCUT2D eigenvalue weighted by atomic mass is 32.1. The number of carbonyl (C=O) groups excluding carboxylic acids is 1. The smallest absolute Gasteiger partial charge is 0.361 e. The Kier molecular flexibility index (Phi) is 7.01. The monoisotopic (exact) mass is 399 g/mol. The molecule has 0 aliphatic carbocycles. The maximum atomic E-state index is 12.8. The van der Waals surface area contributed by atoms with Gasteiger partial charge in [0.05, 0.1) is 11.1 Å². The minimum atomic E-state index is -4.94. The molecule has 0 bridgehead atoms. The van der Waals surface area contributed by atoms with Crippen molar-refractivity contribution in [2.75, 3.05) is 18.4 Å². The Labute approximate surface area is 150 Å². The molecule has 0 radical (unpaired) electrons. The molecule has 0 aliphatic heterocycles. The van der Waals surface area contributed by atoms with Crippen molar-refractivity contribution in [3.63, 3.8) is 0 Å². The third-order valence-corrected chi connectivity index (χ3v) is 3.18. The highest BCUT2D eigenvalue weighted by Gasteiger charge is 2.37. The molecular formula is C15H15F6N3OS. The molecule has 0 aliphatic rings. The molecule has 0 fully saturated rings. The van der Waals surface area contributed by atoms with E-state index in [1.165, 1.54) is 6.92 Å². The van der Waals surface area contributed by atoms with Crippen molar-refractivity contribution in [3.8, 4) is 0 Å². The van der Waals surface area contributed by atoms with Crippen molar-refractivity contribution in [2.45, 2.75) is 19.3 Å². The number of thiocarbonyl (C=S) groups is 1. The van der Waals surface area contributed by atoms with E-state index in [4.69, 9.17) is 12.2 Å². The topological polar surface area (TPSA) is 53.2 Å². The number of hydrogen-bond acceptors (Lipinski definition) is 2. The number of hydrogen-bond donors (Lipinski definition) is 3. The first kappa shape index (κ1) is 21.7. The fourth-order valence-electron chi connectivity index (χ4n) is 1.71. The Morgan fingerprint density at radius 1 is 1.00 bits per heavy atom. The molecule has 0 saturated carbocycles. The van der Waals surface area contributed by atoms with Crippen LogP contribution in [-0.2, 0) is 17.1 Å². The zero-order valence-electron chi connectivity index (χ0n) is 13.4. The summed E-state index contributed by atoms with van der Waals surface area (Å²) in [5.74, 6) is -0.390. The van der Waals surface area contributed by atoms with Crippen molar-refractivity contribution < 1.29 is 31.1 Å². The standard InChI is InChI=1S/C15H15F6N3OS/c1-8(2)12(25)22-3-4-23-13(26)24-11-6-9(14(16,17)18)5-10(7-11)15(19,20)21/h5-7H,1,3-4H2,2H3,(H,22,25)(H2,23,24,26). The minimum Gasteiger partial charge on any atom is -0.361 e. The SMILES string of the molecule is C=C(C)C(=O)NCCNC(=S)Nc1cc(C(F)(F)F)cc(C(F)(F)F)c1. The Morgan fingerprint density at radius 3 is 1.88 bits per heavy atom. The van der Waals surface area contributed by atoms with Crippen molar-refractivity contribution in [2.24, 2.45) is 0 Å². The molecule has 0 aromatic heterocycles. The third kappa shape index (κ3) is 6.90. The van der Waals surface area contributed by atoms with Crippen LogP contribution >= 0.6 is 12.2 Å². The lowest BCUT2D eigenvalue weighted by Gasteiger charge is -2.16. The van der Waals surface area contributed by atoms with Crippen LogP contribution in [0.2, 0.25) is 0 Å². The van der Waals surface area contributed by atoms with Crippen molar-refractivity contribution in [3.05, 3.63) is 41.5 Å². The number of anilines is 1. The van der Waals surface area contributed by atoms with E-state index >= 15 is 0 Å². The number of alkyl halides is 6. The van der Waals surface area contributed by atoms with Crippen LogP contribution in [0.3, 0.4) is 0 Å². The van der Waals surface area contributed by atoms with E-state index < -0.39 is 35.1 Å². The fourth-order valence-corrected chi connectivity index (χ4v) is 1.93. The van der Waals surface area contributed by atoms with Gasteiger partial charge in [-0.25, -0.2) is 0 Å². The number of nitrogens with one attached hydrogen (secondary N) is 3. The van der Waals surface area contributed by atoms with E-state index in [1.54, 1.807) is 0 Å². The molecule has 1 rings (SSSR count). The normalized spacial score (nSPS) is 11.7. The largest absolute Gasteiger partial charge is 0.416 e. The average Bonchev–Trinajstić information content (AvgIpc) is 2.49. The molecule has 0 unspecified atom stereocenters. The summed E-state index contributed by atoms with van der Waals surface area (Å²) in [4.78, 5) is 11.2. The van der Waals surface area contributed by atoms with E-state index in [1.807, 2.05) is 0 Å². The molecule has 0 spiro atoms. The third-order valence-electron chi connectivity index (χ3n) is 2.93. The van der Waals surface area contributed by atoms with Crippen molar-refractivity contribution >= 4 is 28.9 Å². The van der Waals surface area contributed by atoms with Gasteiger partial charge in [0.2, 0.25) is 5.91 Å². The Bertz CT molecular complexity index is 667. The summed E-state index contributed by atoms with van der Waals surface area (Å²) in [7, 11) is 0. The quantitative estimate of drug-likeness (QED) is 0.306. The van der Waals surface area contributed by atoms with Crippen LogP contribution in [0.15, 0.2) is 30.4 Å². The maximum absolute atomic E-state index is 12.8. The fraction of sp³-hybridized carbons (Fsp3) is 0.333. The molecule has 0 saturated heterocycles. The highest BCUT2D eigenvalue weighted by molar-refractivity contribution is 7.80. The summed E-state index contributed by atoms with van der Waals surface area (Å²) in [5, 5.41) is 7.10. The second-order valence-electron chi connectivity index (χ2n) is 5.21. The molecule has 1 aromatic rings. The lowest BCUT2D eigenvalue weighted by Crippen LogP contribution is -2.36. The molecule has 144 valence electrons. The van der Waals surface area contributed by atoms with Crippen LogP contribution in [0.25, 0.3) is 0 Å². The molecule has 3 N–H and O–H groups in total. The summed E-state index contributed by atoms with van der Waals surface area (Å²) >= 11 is 4.83. The van der Waals surface area contributed by atoms with Crippen molar-refractivity contribution in [1.82, 2.24) is 10.6 Å². The van der Waals surface area contributed by atoms with Gasteiger partial charge >= 0.3 is 12.4 Å². The van der Waals surface area contributed by atoms with E-state index in [-0.39, 0.29) is 29.8 Å². The van der Waals surface area contributed by atoms with E-state index in [2.05, 4.69) is 22.5 Å². The van der Waals surface area contributed by atoms with Gasteiger partial charge in [-0.05, 0) is 37.3 Å². The summed E-state index contributed by atoms with van der Waals surface area (Å²) in [5.41, 5.74) is -3.08. The summed E-state index contributed by atoms with van der Waals surface area (Å²) in [6.07, 6.45) is -9.89. The summed E-state index contributed by atoms with van der Waals surface area (Å²) in [6, 6.07) is 1.06. The number of benzene rings is 1. The Morgan fingerprint density at radius 2 is 1.46 bits per heavy atom. The molecule has 0 heterocycles. The van der Waals surface area contributed by atoms with Gasteiger partial charge in [0.15, 0.2) is 5.11 Å². The van der Waals surface area contributed by atoms with Gasteiger partial charge in [0.25, 0.3) is 0 Å². The second-order valence-corrected chi connectivity index (χ2v) is 5.62. The molecule has 0 atom stereocenters. The molecule has 4 nitrogen and oxygen atoms in total. The zero-order valence-corrected chi connectivity index (χ0v) is 14.3. The predicted molar refractivity (Wildman–Crippen MR) is 88.5 cm³/mol. The van der Waals surface area contributed by atoms with E-state index in [9.17, 15) is 31.1 Å². The molecule has 1 amide bonds. The number of amides is 1. The van der Waals surface area contributed by atoms with Crippen LogP contribution in [0, 0.1) is 0 Å². The summed E-state index contributed by atoms with van der Waals surface area (Å²) < 4.78 is 76.6. The molecule has 1 aromatic carbocycles. The van der Waals surface area contributed by atoms with Crippen LogP contribution in [0.1, 0.15) is 18.1 Å². The van der Waals surface area contributed by atoms with E-state index in [0.29, 0.717) is 12.1 Å². The van der Waals surface area contributed by atoms with Gasteiger partial charge in [0, 0.05) is 24.4 Å². The van der Waals surface area contributed by atoms with Gasteiger partial charge in [-0.15, -0.1) is 0 Å². The van der Waals surface area contributed by atoms with Gasteiger partial charge in [-0.3, -0.25) is 4.79 Å². The number of carbonyl (C=O) groups is 1. The second kappa shape index (κ2) is 8.39. The molecular weight excluding hydrogens is 384 g/mol. The minimum absolute atomic E-state index is 0.0226. The van der Waals surface area contributed by atoms with Gasteiger partial charge in [-0.2, -0.15) is 26.3 Å². The maximum Gasteiger partial charge on any atom is 0.416 e. The first-order valence-corrected chi connectivity index (χ1v) is 7.49. The average molecular weight is 399 g/mol. The lowest BCUT2D eigenvalue weighted by molar-refractivity contribution is -0.143. The van der Waals surface area contributed by atoms with Crippen molar-refractivity contribution in [1.29, 1.82) is 0 Å². The molecule has 11 heteroatoms. The summed E-state index contributed by atoms with van der Waals surface area (Å²) in [6.45, 7) is 5.16. The van der Waals surface area contributed by atoms with Gasteiger partial charge in [-0.1, -0.05) is 6.58 Å². The first-order chi connectivity index (χ1) is 11.8. The zero-order chi connectivity index (χ0) is 20.1. The Balaban J connectivity index is 2.77.